The van der Waals surface area contributed by atoms with Gasteiger partial charge in [-0.15, -0.1) is 0 Å². The normalized spacial score (nSPS) is 31.6. The van der Waals surface area contributed by atoms with Crippen LogP contribution in [0.2, 0.25) is 0 Å². The minimum absolute atomic E-state index is 0.117. The predicted octanol–water partition coefficient (Wildman–Crippen LogP) is 3.25. The first-order chi connectivity index (χ1) is 12.5. The van der Waals surface area contributed by atoms with Gasteiger partial charge < -0.3 is 9.84 Å². The van der Waals surface area contributed by atoms with E-state index in [4.69, 9.17) is 9.84 Å². The van der Waals surface area contributed by atoms with Crippen LogP contribution < -0.4 is 0 Å². The number of ether oxygens (including phenoxy) is 1. The Kier molecular flexibility index (Phi) is 4.55. The minimum atomic E-state index is -1.46. The Hall–Kier alpha value is -2.17. The highest BCUT2D eigenvalue weighted by Crippen LogP contribution is 2.54. The Labute approximate surface area is 152 Å². The van der Waals surface area contributed by atoms with Crippen molar-refractivity contribution in [2.45, 2.75) is 51.0 Å². The monoisotopic (exact) mass is 356 g/mol. The molecule has 0 heterocycles. The zero-order valence-electron chi connectivity index (χ0n) is 14.7. The minimum Gasteiger partial charge on any atom is -0.475 e. The molecule has 5 heteroatoms. The van der Waals surface area contributed by atoms with Gasteiger partial charge >= 0.3 is 11.9 Å². The maximum atomic E-state index is 12.3. The number of ketones is 1. The van der Waals surface area contributed by atoms with Crippen LogP contribution in [0.15, 0.2) is 24.3 Å². The molecule has 4 aliphatic rings. The second-order valence-corrected chi connectivity index (χ2v) is 8.22. The van der Waals surface area contributed by atoms with E-state index >= 15 is 0 Å². The molecule has 0 radical (unpaired) electrons. The highest BCUT2D eigenvalue weighted by molar-refractivity contribution is 6.39. The Morgan fingerprint density at radius 1 is 0.923 bits per heavy atom. The van der Waals surface area contributed by atoms with Crippen LogP contribution >= 0.6 is 0 Å². The average molecular weight is 356 g/mol. The summed E-state index contributed by atoms with van der Waals surface area (Å²) in [5.74, 6) is 0.329. The van der Waals surface area contributed by atoms with Crippen molar-refractivity contribution in [1.29, 1.82) is 0 Å². The van der Waals surface area contributed by atoms with Gasteiger partial charge in [0.25, 0.3) is 5.78 Å². The molecule has 1 N–H and O–H groups in total. The number of hydrogen-bond donors (Lipinski definition) is 1. The van der Waals surface area contributed by atoms with E-state index < -0.39 is 11.8 Å². The summed E-state index contributed by atoms with van der Waals surface area (Å²) in [5.41, 5.74) is 1.05. The van der Waals surface area contributed by atoms with Gasteiger partial charge in [0.05, 0.1) is 0 Å². The fraction of sp³-hybridized carbons (Fsp3) is 0.571. The topological polar surface area (TPSA) is 80.7 Å². The summed E-state index contributed by atoms with van der Waals surface area (Å²) in [7, 11) is 0. The molecule has 1 aromatic rings. The van der Waals surface area contributed by atoms with E-state index in [0.717, 1.165) is 17.4 Å². The van der Waals surface area contributed by atoms with Crippen LogP contribution in [-0.4, -0.2) is 28.9 Å². The van der Waals surface area contributed by atoms with Crippen molar-refractivity contribution in [3.05, 3.63) is 35.4 Å². The van der Waals surface area contributed by atoms with Gasteiger partial charge in [0.15, 0.2) is 0 Å². The number of benzene rings is 1. The van der Waals surface area contributed by atoms with Gasteiger partial charge in [0.1, 0.15) is 6.10 Å². The Bertz CT molecular complexity index is 692. The number of esters is 1. The predicted molar refractivity (Wildman–Crippen MR) is 93.7 cm³/mol. The van der Waals surface area contributed by atoms with Gasteiger partial charge in [-0.3, -0.25) is 9.59 Å². The largest absolute Gasteiger partial charge is 0.475 e. The lowest BCUT2D eigenvalue weighted by molar-refractivity contribution is -0.170. The van der Waals surface area contributed by atoms with Crippen LogP contribution in [0.25, 0.3) is 0 Å². The fourth-order valence-electron chi connectivity index (χ4n) is 5.47. The van der Waals surface area contributed by atoms with Crippen LogP contribution in [0.5, 0.6) is 0 Å². The second-order valence-electron chi connectivity index (χ2n) is 8.22. The van der Waals surface area contributed by atoms with Crippen LogP contribution in [0.1, 0.15) is 54.4 Å². The molecule has 4 bridgehead atoms. The number of carbonyl (C=O) groups is 3. The summed E-state index contributed by atoms with van der Waals surface area (Å²) < 4.78 is 5.87. The quantitative estimate of drug-likeness (QED) is 0.481. The average Bonchev–Trinajstić information content (AvgIpc) is 2.62. The SMILES string of the molecule is O=C(CCc1ccc(C(=O)C(=O)O)cc1)OC1C2CC3CC(C2)CC1C3. The standard InChI is InChI=1S/C21H24O5/c22-18(6-3-12-1-4-15(5-2-12)19(23)21(24)25)26-20-16-8-13-7-14(10-16)11-17(20)9-13/h1-2,4-5,13-14,16-17,20H,3,6-11H2,(H,24,25). The first-order valence-electron chi connectivity index (χ1n) is 9.55. The third-order valence-electron chi connectivity index (χ3n) is 6.44. The lowest BCUT2D eigenvalue weighted by atomic mass is 9.55. The number of hydrogen-bond acceptors (Lipinski definition) is 4. The zero-order valence-corrected chi connectivity index (χ0v) is 14.7. The van der Waals surface area contributed by atoms with Crippen molar-refractivity contribution in [1.82, 2.24) is 0 Å². The van der Waals surface area contributed by atoms with E-state index in [1.54, 1.807) is 12.1 Å². The van der Waals surface area contributed by atoms with Gasteiger partial charge in [-0.05, 0) is 67.8 Å². The van der Waals surface area contributed by atoms with Crippen molar-refractivity contribution in [3.8, 4) is 0 Å². The van der Waals surface area contributed by atoms with Crippen molar-refractivity contribution in [3.63, 3.8) is 0 Å². The molecule has 5 nitrogen and oxygen atoms in total. The number of aryl methyl sites for hydroxylation is 1. The Balaban J connectivity index is 1.29. The number of carboxylic acids is 1. The summed E-state index contributed by atoms with van der Waals surface area (Å²) >= 11 is 0. The summed E-state index contributed by atoms with van der Waals surface area (Å²) in [5, 5.41) is 8.71. The van der Waals surface area contributed by atoms with Crippen LogP contribution in [0.4, 0.5) is 0 Å². The van der Waals surface area contributed by atoms with E-state index in [0.29, 0.717) is 24.7 Å². The Morgan fingerprint density at radius 3 is 2.04 bits per heavy atom. The van der Waals surface area contributed by atoms with Crippen LogP contribution in [0, 0.1) is 23.7 Å². The van der Waals surface area contributed by atoms with E-state index in [1.807, 2.05) is 0 Å². The molecule has 0 atom stereocenters. The third-order valence-corrected chi connectivity index (χ3v) is 6.44. The lowest BCUT2D eigenvalue weighted by Gasteiger charge is -2.53. The molecule has 0 aromatic heterocycles. The molecule has 0 spiro atoms. The second kappa shape index (κ2) is 6.86. The van der Waals surface area contributed by atoms with Gasteiger partial charge in [-0.2, -0.15) is 0 Å². The van der Waals surface area contributed by atoms with E-state index in [-0.39, 0.29) is 17.6 Å². The summed E-state index contributed by atoms with van der Waals surface area (Å²) in [4.78, 5) is 34.4. The van der Waals surface area contributed by atoms with Gasteiger partial charge in [-0.1, -0.05) is 24.3 Å². The maximum Gasteiger partial charge on any atom is 0.377 e. The highest BCUT2D eigenvalue weighted by atomic mass is 16.5. The zero-order chi connectivity index (χ0) is 18.3. The summed E-state index contributed by atoms with van der Waals surface area (Å²) in [6.07, 6.45) is 7.25. The van der Waals surface area contributed by atoms with E-state index in [2.05, 4.69) is 0 Å². The molecule has 4 aliphatic carbocycles. The first kappa shape index (κ1) is 17.3. The molecular formula is C21H24O5. The highest BCUT2D eigenvalue weighted by Gasteiger charge is 2.49. The fourth-order valence-corrected chi connectivity index (χ4v) is 5.47. The maximum absolute atomic E-state index is 12.3. The van der Waals surface area contributed by atoms with E-state index in [9.17, 15) is 14.4 Å². The van der Waals surface area contributed by atoms with Crippen molar-refractivity contribution in [2.75, 3.05) is 0 Å². The smallest absolute Gasteiger partial charge is 0.377 e. The molecule has 4 saturated carbocycles. The van der Waals surface area contributed by atoms with Crippen LogP contribution in [-0.2, 0) is 20.7 Å². The van der Waals surface area contributed by atoms with Crippen molar-refractivity contribution >= 4 is 17.7 Å². The molecular weight excluding hydrogens is 332 g/mol. The summed E-state index contributed by atoms with van der Waals surface area (Å²) in [6, 6.07) is 6.39. The summed E-state index contributed by atoms with van der Waals surface area (Å²) in [6.45, 7) is 0. The molecule has 0 aliphatic heterocycles. The molecule has 5 rings (SSSR count). The molecule has 0 unspecified atom stereocenters. The number of rotatable bonds is 6. The Morgan fingerprint density at radius 2 is 1.50 bits per heavy atom. The number of Topliss-reactive ketones (excluding diaryl/α,β-unsaturated/α-hetero) is 1. The van der Waals surface area contributed by atoms with Crippen molar-refractivity contribution < 1.29 is 24.2 Å². The van der Waals surface area contributed by atoms with Gasteiger partial charge in [0.2, 0.25) is 0 Å². The number of carbonyl (C=O) groups excluding carboxylic acids is 2. The van der Waals surface area contributed by atoms with Crippen LogP contribution in [0.3, 0.4) is 0 Å². The first-order valence-corrected chi connectivity index (χ1v) is 9.55. The number of aliphatic carboxylic acids is 1. The molecule has 4 fully saturated rings. The molecule has 138 valence electrons. The van der Waals surface area contributed by atoms with Gasteiger partial charge in [0, 0.05) is 12.0 Å². The van der Waals surface area contributed by atoms with Gasteiger partial charge in [-0.25, -0.2) is 4.79 Å². The molecule has 0 saturated heterocycles. The van der Waals surface area contributed by atoms with E-state index in [1.165, 1.54) is 44.2 Å². The lowest BCUT2D eigenvalue weighted by Crippen LogP contribution is -2.50. The number of carboxylic acid groups (broad SMARTS) is 1. The molecule has 1 aromatic carbocycles. The van der Waals surface area contributed by atoms with Crippen molar-refractivity contribution in [2.24, 2.45) is 23.7 Å². The molecule has 26 heavy (non-hydrogen) atoms. The molecule has 0 amide bonds. The third kappa shape index (κ3) is 3.39.